The third kappa shape index (κ3) is 2.98. The summed E-state index contributed by atoms with van der Waals surface area (Å²) in [5.74, 6) is 1.44. The molecule has 3 heteroatoms. The molecule has 1 N–H and O–H groups in total. The molecule has 1 fully saturated rings. The van der Waals surface area contributed by atoms with E-state index in [-0.39, 0.29) is 0 Å². The lowest BCUT2D eigenvalue weighted by Crippen LogP contribution is -2.03. The Morgan fingerprint density at radius 1 is 1.32 bits per heavy atom. The van der Waals surface area contributed by atoms with Crippen LogP contribution in [0.3, 0.4) is 0 Å². The summed E-state index contributed by atoms with van der Waals surface area (Å²) in [7, 11) is 0. The van der Waals surface area contributed by atoms with Gasteiger partial charge in [0, 0.05) is 16.4 Å². The summed E-state index contributed by atoms with van der Waals surface area (Å²) >= 11 is 1.89. The first kappa shape index (κ1) is 13.1. The van der Waals surface area contributed by atoms with Gasteiger partial charge in [-0.25, -0.2) is 0 Å². The number of fused-ring (bicyclic) bond motifs is 1. The van der Waals surface area contributed by atoms with Crippen molar-refractivity contribution >= 4 is 22.7 Å². The van der Waals surface area contributed by atoms with Gasteiger partial charge in [0.25, 0.3) is 0 Å². The topological polar surface area (TPSA) is 33.4 Å². The molecule has 0 amide bonds. The van der Waals surface area contributed by atoms with Gasteiger partial charge >= 0.3 is 0 Å². The fourth-order valence-electron chi connectivity index (χ4n) is 2.71. The zero-order valence-corrected chi connectivity index (χ0v) is 12.1. The molecule has 102 valence electrons. The number of thioether (sulfide) groups is 1. The molecule has 1 heterocycles. The van der Waals surface area contributed by atoms with Crippen LogP contribution in [-0.2, 0) is 0 Å². The Balaban J connectivity index is 1.68. The van der Waals surface area contributed by atoms with Crippen molar-refractivity contribution in [2.75, 3.05) is 5.75 Å². The minimum absolute atomic E-state index is 0.488. The monoisotopic (exact) mass is 276 g/mol. The minimum atomic E-state index is -0.488. The van der Waals surface area contributed by atoms with Crippen LogP contribution in [0.5, 0.6) is 0 Å². The van der Waals surface area contributed by atoms with Crippen LogP contribution in [0.1, 0.15) is 43.1 Å². The van der Waals surface area contributed by atoms with Crippen molar-refractivity contribution in [2.24, 2.45) is 0 Å². The van der Waals surface area contributed by atoms with Crippen LogP contribution in [0.2, 0.25) is 0 Å². The van der Waals surface area contributed by atoms with Crippen molar-refractivity contribution in [3.63, 3.8) is 0 Å². The molecule has 0 aliphatic heterocycles. The van der Waals surface area contributed by atoms with Gasteiger partial charge in [0.15, 0.2) is 0 Å². The predicted octanol–water partition coefficient (Wildman–Crippen LogP) is 4.45. The summed E-state index contributed by atoms with van der Waals surface area (Å²) in [6.45, 7) is 2.07. The molecule has 1 aromatic heterocycles. The second kappa shape index (κ2) is 5.59. The van der Waals surface area contributed by atoms with E-state index in [9.17, 15) is 5.11 Å². The molecule has 19 heavy (non-hydrogen) atoms. The van der Waals surface area contributed by atoms with Crippen molar-refractivity contribution in [3.8, 4) is 0 Å². The lowest BCUT2D eigenvalue weighted by atomic mass is 10.2. The van der Waals surface area contributed by atoms with E-state index in [1.54, 1.807) is 0 Å². The van der Waals surface area contributed by atoms with E-state index >= 15 is 0 Å². The van der Waals surface area contributed by atoms with Crippen LogP contribution >= 0.6 is 11.8 Å². The van der Waals surface area contributed by atoms with E-state index in [0.717, 1.165) is 22.0 Å². The number of rotatable bonds is 4. The fraction of sp³-hybridized carbons (Fsp3) is 0.500. The average molecular weight is 276 g/mol. The van der Waals surface area contributed by atoms with Crippen molar-refractivity contribution in [1.29, 1.82) is 0 Å². The number of hydrogen-bond acceptors (Lipinski definition) is 3. The highest BCUT2D eigenvalue weighted by Crippen LogP contribution is 2.33. The number of aryl methyl sites for hydroxylation is 1. The number of hydrogen-bond donors (Lipinski definition) is 1. The van der Waals surface area contributed by atoms with Gasteiger partial charge in [0.05, 0.1) is 0 Å². The Kier molecular flexibility index (Phi) is 3.85. The van der Waals surface area contributed by atoms with Gasteiger partial charge in [-0.15, -0.1) is 0 Å². The van der Waals surface area contributed by atoms with Gasteiger partial charge in [-0.3, -0.25) is 0 Å². The second-order valence-corrected chi connectivity index (χ2v) is 6.78. The smallest absolute Gasteiger partial charge is 0.134 e. The van der Waals surface area contributed by atoms with E-state index in [0.29, 0.717) is 5.76 Å². The minimum Gasteiger partial charge on any atom is -0.458 e. The zero-order chi connectivity index (χ0) is 13.2. The molecule has 1 saturated carbocycles. The Labute approximate surface area is 118 Å². The Morgan fingerprint density at radius 3 is 2.89 bits per heavy atom. The van der Waals surface area contributed by atoms with Crippen LogP contribution in [0.4, 0.5) is 0 Å². The molecule has 0 saturated heterocycles. The summed E-state index contributed by atoms with van der Waals surface area (Å²) in [5.41, 5.74) is 2.08. The Hall–Kier alpha value is -0.930. The van der Waals surface area contributed by atoms with Gasteiger partial charge in [-0.2, -0.15) is 11.8 Å². The zero-order valence-electron chi connectivity index (χ0n) is 11.3. The molecule has 1 aromatic carbocycles. The van der Waals surface area contributed by atoms with Crippen molar-refractivity contribution in [3.05, 3.63) is 35.6 Å². The lowest BCUT2D eigenvalue weighted by molar-refractivity contribution is 0.176. The second-order valence-electron chi connectivity index (χ2n) is 5.45. The van der Waals surface area contributed by atoms with Gasteiger partial charge in [0.2, 0.25) is 0 Å². The van der Waals surface area contributed by atoms with Gasteiger partial charge in [-0.05, 0) is 38.0 Å². The van der Waals surface area contributed by atoms with Gasteiger partial charge < -0.3 is 9.52 Å². The molecule has 2 aromatic rings. The maximum atomic E-state index is 10.2. The summed E-state index contributed by atoms with van der Waals surface area (Å²) in [5, 5.41) is 12.1. The van der Waals surface area contributed by atoms with Crippen LogP contribution in [0.15, 0.2) is 28.7 Å². The highest BCUT2D eigenvalue weighted by atomic mass is 32.2. The van der Waals surface area contributed by atoms with E-state index in [1.807, 2.05) is 30.0 Å². The number of benzene rings is 1. The highest BCUT2D eigenvalue weighted by molar-refractivity contribution is 7.99. The quantitative estimate of drug-likeness (QED) is 0.895. The third-order valence-electron chi connectivity index (χ3n) is 3.81. The molecule has 2 nitrogen and oxygen atoms in total. The maximum Gasteiger partial charge on any atom is 0.134 e. The van der Waals surface area contributed by atoms with E-state index in [4.69, 9.17) is 4.42 Å². The number of aliphatic hydroxyl groups excluding tert-OH is 1. The first-order valence-electron chi connectivity index (χ1n) is 7.02. The molecule has 1 atom stereocenters. The fourth-order valence-corrected chi connectivity index (χ4v) is 4.00. The van der Waals surface area contributed by atoms with E-state index in [2.05, 4.69) is 13.0 Å². The largest absolute Gasteiger partial charge is 0.458 e. The summed E-state index contributed by atoms with van der Waals surface area (Å²) < 4.78 is 5.74. The maximum absolute atomic E-state index is 10.2. The van der Waals surface area contributed by atoms with Crippen molar-refractivity contribution in [1.82, 2.24) is 0 Å². The van der Waals surface area contributed by atoms with Gasteiger partial charge in [0.1, 0.15) is 17.4 Å². The lowest BCUT2D eigenvalue weighted by Gasteiger charge is -2.11. The van der Waals surface area contributed by atoms with Crippen molar-refractivity contribution in [2.45, 2.75) is 44.0 Å². The summed E-state index contributed by atoms with van der Waals surface area (Å²) in [6.07, 6.45) is 4.81. The summed E-state index contributed by atoms with van der Waals surface area (Å²) in [6, 6.07) is 8.08. The molecule has 0 bridgehead atoms. The summed E-state index contributed by atoms with van der Waals surface area (Å²) in [4.78, 5) is 0. The van der Waals surface area contributed by atoms with E-state index in [1.165, 1.54) is 31.2 Å². The molecule has 1 unspecified atom stereocenters. The molecule has 0 radical (unpaired) electrons. The third-order valence-corrected chi connectivity index (χ3v) is 5.26. The van der Waals surface area contributed by atoms with Crippen LogP contribution in [0, 0.1) is 6.92 Å². The highest BCUT2D eigenvalue weighted by Gasteiger charge is 2.19. The van der Waals surface area contributed by atoms with Crippen LogP contribution in [0.25, 0.3) is 11.0 Å². The molecular formula is C16H20O2S. The molecule has 1 aliphatic rings. The predicted molar refractivity (Wildman–Crippen MR) is 80.6 cm³/mol. The SMILES string of the molecule is Cc1ccc2oc(C(O)CSC3CCCC3)cc2c1. The number of aliphatic hydroxyl groups is 1. The normalized spacial score (nSPS) is 18.2. The first-order valence-corrected chi connectivity index (χ1v) is 8.07. The Morgan fingerprint density at radius 2 is 2.11 bits per heavy atom. The van der Waals surface area contributed by atoms with E-state index < -0.39 is 6.10 Å². The molecule has 0 spiro atoms. The molecular weight excluding hydrogens is 256 g/mol. The van der Waals surface area contributed by atoms with Crippen LogP contribution < -0.4 is 0 Å². The first-order chi connectivity index (χ1) is 9.22. The standard InChI is InChI=1S/C16H20O2S/c1-11-6-7-15-12(8-11)9-16(18-15)14(17)10-19-13-4-2-3-5-13/h6-9,13-14,17H,2-5,10H2,1H3. The Bertz CT molecular complexity index is 555. The average Bonchev–Trinajstić information content (AvgIpc) is 3.04. The molecule has 1 aliphatic carbocycles. The molecule has 3 rings (SSSR count). The van der Waals surface area contributed by atoms with Gasteiger partial charge in [-0.1, -0.05) is 24.5 Å². The number of furan rings is 1. The van der Waals surface area contributed by atoms with Crippen LogP contribution in [-0.4, -0.2) is 16.1 Å². The van der Waals surface area contributed by atoms with Crippen molar-refractivity contribution < 1.29 is 9.52 Å².